The van der Waals surface area contributed by atoms with E-state index in [0.29, 0.717) is 19.0 Å². The summed E-state index contributed by atoms with van der Waals surface area (Å²) in [6, 6.07) is 5.34. The molecule has 1 amide bonds. The Morgan fingerprint density at radius 3 is 2.94 bits per heavy atom. The third-order valence-electron chi connectivity index (χ3n) is 2.52. The normalized spacial score (nSPS) is 11.9. The molecule has 1 rings (SSSR count). The Kier molecular flexibility index (Phi) is 6.14. The Balaban J connectivity index is 2.41. The highest BCUT2D eigenvalue weighted by molar-refractivity contribution is 5.81. The molecule has 0 aliphatic rings. The number of aromatic nitrogens is 1. The van der Waals surface area contributed by atoms with Crippen LogP contribution in [0.4, 0.5) is 0 Å². The largest absolute Gasteiger partial charge is 0.481 e. The molecule has 1 heterocycles. The van der Waals surface area contributed by atoms with Gasteiger partial charge in [-0.1, -0.05) is 13.0 Å². The molecule has 1 aromatic heterocycles. The lowest BCUT2D eigenvalue weighted by atomic mass is 10.2. The van der Waals surface area contributed by atoms with E-state index in [4.69, 9.17) is 4.74 Å². The van der Waals surface area contributed by atoms with Crippen molar-refractivity contribution in [2.45, 2.75) is 32.9 Å². The van der Waals surface area contributed by atoms with E-state index in [1.807, 2.05) is 26.0 Å². The van der Waals surface area contributed by atoms with E-state index in [1.165, 1.54) is 0 Å². The Labute approximate surface area is 108 Å². The van der Waals surface area contributed by atoms with E-state index in [2.05, 4.69) is 15.6 Å². The summed E-state index contributed by atoms with van der Waals surface area (Å²) in [5, 5.41) is 5.97. The van der Waals surface area contributed by atoms with Crippen LogP contribution in [0.1, 0.15) is 26.0 Å². The number of hydrogen-bond acceptors (Lipinski definition) is 4. The van der Waals surface area contributed by atoms with E-state index in [1.54, 1.807) is 13.2 Å². The van der Waals surface area contributed by atoms with Gasteiger partial charge >= 0.3 is 0 Å². The first-order valence-electron chi connectivity index (χ1n) is 6.18. The Morgan fingerprint density at radius 2 is 2.28 bits per heavy atom. The summed E-state index contributed by atoms with van der Waals surface area (Å²) < 4.78 is 5.04. The van der Waals surface area contributed by atoms with Crippen molar-refractivity contribution < 1.29 is 9.53 Å². The van der Waals surface area contributed by atoms with Crippen LogP contribution in [0.2, 0.25) is 0 Å². The molecular formula is C13H21N3O2. The van der Waals surface area contributed by atoms with Crippen LogP contribution in [0, 0.1) is 0 Å². The second kappa shape index (κ2) is 7.66. The fraction of sp³-hybridized carbons (Fsp3) is 0.538. The van der Waals surface area contributed by atoms with Crippen LogP contribution in [0.25, 0.3) is 0 Å². The molecular weight excluding hydrogens is 230 g/mol. The van der Waals surface area contributed by atoms with Gasteiger partial charge in [-0.3, -0.25) is 4.79 Å². The minimum absolute atomic E-state index is 0.0137. The lowest BCUT2D eigenvalue weighted by Crippen LogP contribution is -2.42. The number of nitrogens with one attached hydrogen (secondary N) is 2. The number of amides is 1. The molecule has 5 heteroatoms. The third kappa shape index (κ3) is 4.71. The standard InChI is InChI=1S/C13H21N3O2/c1-4-8-14-13(17)10(2)15-9-11-6-5-7-12(16-11)18-3/h5-7,10,15H,4,8-9H2,1-3H3,(H,14,17). The van der Waals surface area contributed by atoms with E-state index >= 15 is 0 Å². The first-order valence-corrected chi connectivity index (χ1v) is 6.18. The van der Waals surface area contributed by atoms with Gasteiger partial charge in [-0.2, -0.15) is 0 Å². The van der Waals surface area contributed by atoms with Gasteiger partial charge in [0.1, 0.15) is 0 Å². The van der Waals surface area contributed by atoms with Crippen LogP contribution >= 0.6 is 0 Å². The minimum atomic E-state index is -0.232. The second-order valence-electron chi connectivity index (χ2n) is 4.06. The lowest BCUT2D eigenvalue weighted by Gasteiger charge is -2.13. The van der Waals surface area contributed by atoms with Gasteiger partial charge in [-0.25, -0.2) is 4.98 Å². The van der Waals surface area contributed by atoms with Gasteiger partial charge in [0.25, 0.3) is 0 Å². The maximum Gasteiger partial charge on any atom is 0.236 e. The molecule has 0 saturated heterocycles. The monoisotopic (exact) mass is 251 g/mol. The van der Waals surface area contributed by atoms with Crippen molar-refractivity contribution in [3.8, 4) is 5.88 Å². The molecule has 0 aromatic carbocycles. The molecule has 0 fully saturated rings. The van der Waals surface area contributed by atoms with Crippen molar-refractivity contribution in [2.24, 2.45) is 0 Å². The van der Waals surface area contributed by atoms with E-state index in [0.717, 1.165) is 12.1 Å². The Hall–Kier alpha value is -1.62. The fourth-order valence-corrected chi connectivity index (χ4v) is 1.42. The van der Waals surface area contributed by atoms with Gasteiger partial charge in [-0.15, -0.1) is 0 Å². The van der Waals surface area contributed by atoms with Gasteiger partial charge in [0, 0.05) is 19.2 Å². The molecule has 2 N–H and O–H groups in total. The second-order valence-corrected chi connectivity index (χ2v) is 4.06. The maximum absolute atomic E-state index is 11.6. The SMILES string of the molecule is CCCNC(=O)C(C)NCc1cccc(OC)n1. The number of pyridine rings is 1. The highest BCUT2D eigenvalue weighted by Crippen LogP contribution is 2.06. The predicted molar refractivity (Wildman–Crippen MR) is 70.4 cm³/mol. The number of carbonyl (C=O) groups is 1. The first-order chi connectivity index (χ1) is 8.67. The zero-order valence-electron chi connectivity index (χ0n) is 11.2. The van der Waals surface area contributed by atoms with Crippen molar-refractivity contribution in [1.82, 2.24) is 15.6 Å². The summed E-state index contributed by atoms with van der Waals surface area (Å²) in [6.07, 6.45) is 0.940. The lowest BCUT2D eigenvalue weighted by molar-refractivity contribution is -0.122. The van der Waals surface area contributed by atoms with Crippen LogP contribution in [-0.4, -0.2) is 30.6 Å². The van der Waals surface area contributed by atoms with E-state index in [9.17, 15) is 4.79 Å². The average Bonchev–Trinajstić information content (AvgIpc) is 2.42. The summed E-state index contributed by atoms with van der Waals surface area (Å²) in [5.74, 6) is 0.595. The molecule has 0 aliphatic heterocycles. The molecule has 5 nitrogen and oxygen atoms in total. The Morgan fingerprint density at radius 1 is 1.50 bits per heavy atom. The summed E-state index contributed by atoms with van der Waals surface area (Å²) in [5.41, 5.74) is 0.851. The highest BCUT2D eigenvalue weighted by atomic mass is 16.5. The molecule has 18 heavy (non-hydrogen) atoms. The van der Waals surface area contributed by atoms with E-state index < -0.39 is 0 Å². The average molecular weight is 251 g/mol. The van der Waals surface area contributed by atoms with Crippen LogP contribution < -0.4 is 15.4 Å². The number of hydrogen-bond donors (Lipinski definition) is 2. The molecule has 0 bridgehead atoms. The molecule has 0 aliphatic carbocycles. The predicted octanol–water partition coefficient (Wildman–Crippen LogP) is 1.09. The smallest absolute Gasteiger partial charge is 0.236 e. The van der Waals surface area contributed by atoms with Crippen LogP contribution in [-0.2, 0) is 11.3 Å². The maximum atomic E-state index is 11.6. The number of rotatable bonds is 7. The number of ether oxygens (including phenoxy) is 1. The summed E-state index contributed by atoms with van der Waals surface area (Å²) in [4.78, 5) is 15.9. The highest BCUT2D eigenvalue weighted by Gasteiger charge is 2.11. The third-order valence-corrected chi connectivity index (χ3v) is 2.52. The zero-order valence-corrected chi connectivity index (χ0v) is 11.2. The minimum Gasteiger partial charge on any atom is -0.481 e. The van der Waals surface area contributed by atoms with Crippen LogP contribution in [0.15, 0.2) is 18.2 Å². The number of methoxy groups -OCH3 is 1. The quantitative estimate of drug-likeness (QED) is 0.761. The van der Waals surface area contributed by atoms with Crippen molar-refractivity contribution >= 4 is 5.91 Å². The van der Waals surface area contributed by atoms with Gasteiger partial charge in [-0.05, 0) is 19.4 Å². The molecule has 0 spiro atoms. The van der Waals surface area contributed by atoms with Gasteiger partial charge < -0.3 is 15.4 Å². The van der Waals surface area contributed by atoms with Crippen molar-refractivity contribution in [3.05, 3.63) is 23.9 Å². The zero-order chi connectivity index (χ0) is 13.4. The van der Waals surface area contributed by atoms with Gasteiger partial charge in [0.05, 0.1) is 18.8 Å². The van der Waals surface area contributed by atoms with Gasteiger partial charge in [0.15, 0.2) is 0 Å². The first kappa shape index (κ1) is 14.4. The number of nitrogens with zero attached hydrogens (tertiary/aromatic N) is 1. The van der Waals surface area contributed by atoms with E-state index in [-0.39, 0.29) is 11.9 Å². The Bertz CT molecular complexity index is 382. The molecule has 1 atom stereocenters. The van der Waals surface area contributed by atoms with Crippen molar-refractivity contribution in [2.75, 3.05) is 13.7 Å². The molecule has 0 radical (unpaired) electrons. The topological polar surface area (TPSA) is 63.2 Å². The van der Waals surface area contributed by atoms with Gasteiger partial charge in [0.2, 0.25) is 11.8 Å². The fourth-order valence-electron chi connectivity index (χ4n) is 1.42. The molecule has 1 unspecified atom stereocenters. The van der Waals surface area contributed by atoms with Crippen molar-refractivity contribution in [1.29, 1.82) is 0 Å². The van der Waals surface area contributed by atoms with Crippen LogP contribution in [0.3, 0.4) is 0 Å². The molecule has 100 valence electrons. The summed E-state index contributed by atoms with van der Waals surface area (Å²) >= 11 is 0. The van der Waals surface area contributed by atoms with Crippen LogP contribution in [0.5, 0.6) is 5.88 Å². The summed E-state index contributed by atoms with van der Waals surface area (Å²) in [6.45, 7) is 5.11. The number of carbonyl (C=O) groups excluding carboxylic acids is 1. The van der Waals surface area contributed by atoms with Crippen molar-refractivity contribution in [3.63, 3.8) is 0 Å². The molecule has 0 saturated carbocycles. The summed E-state index contributed by atoms with van der Waals surface area (Å²) in [7, 11) is 1.58. The molecule has 1 aromatic rings.